The van der Waals surface area contributed by atoms with Crippen molar-refractivity contribution in [2.24, 2.45) is 11.3 Å². The molecule has 2 aliphatic rings. The van der Waals surface area contributed by atoms with Gasteiger partial charge in [0, 0.05) is 37.5 Å². The van der Waals surface area contributed by atoms with Gasteiger partial charge in [-0.15, -0.1) is 0 Å². The number of rotatable bonds is 6. The van der Waals surface area contributed by atoms with Crippen molar-refractivity contribution < 1.29 is 4.74 Å². The minimum Gasteiger partial charge on any atom is -0.379 e. The smallest absolute Gasteiger partial charge is 0.0594 e. The second kappa shape index (κ2) is 8.19. The Balaban J connectivity index is 1.88. The Morgan fingerprint density at radius 1 is 1.29 bits per heavy atom. The van der Waals surface area contributed by atoms with Crippen LogP contribution < -0.4 is 5.32 Å². The van der Waals surface area contributed by atoms with Gasteiger partial charge >= 0.3 is 0 Å². The fourth-order valence-electron chi connectivity index (χ4n) is 3.40. The summed E-state index contributed by atoms with van der Waals surface area (Å²) in [6, 6.07) is 1.32. The van der Waals surface area contributed by atoms with Crippen LogP contribution in [0.15, 0.2) is 0 Å². The Morgan fingerprint density at radius 2 is 2.00 bits per heavy atom. The van der Waals surface area contributed by atoms with Gasteiger partial charge in [0.2, 0.25) is 0 Å². The minimum absolute atomic E-state index is 0.443. The third-order valence-corrected chi connectivity index (χ3v) is 6.09. The van der Waals surface area contributed by atoms with E-state index in [2.05, 4.69) is 49.7 Å². The van der Waals surface area contributed by atoms with Crippen molar-refractivity contribution in [3.05, 3.63) is 0 Å². The second-order valence-electron chi connectivity index (χ2n) is 7.71. The maximum Gasteiger partial charge on any atom is 0.0594 e. The molecule has 0 aromatic heterocycles. The number of hydrogen-bond acceptors (Lipinski definition) is 4. The molecule has 0 radical (unpaired) electrons. The van der Waals surface area contributed by atoms with E-state index in [1.807, 2.05) is 0 Å². The normalized spacial score (nSPS) is 28.7. The van der Waals surface area contributed by atoms with Crippen LogP contribution >= 0.6 is 11.8 Å². The molecular formula is C17H34N2OS. The number of ether oxygens (including phenoxy) is 1. The lowest BCUT2D eigenvalue weighted by atomic mass is 9.82. The molecule has 2 rings (SSSR count). The number of nitrogens with zero attached hydrogens (tertiary/aromatic N) is 1. The van der Waals surface area contributed by atoms with E-state index in [1.54, 1.807) is 0 Å². The predicted octanol–water partition coefficient (Wildman–Crippen LogP) is 2.85. The molecule has 0 bridgehead atoms. The lowest BCUT2D eigenvalue weighted by molar-refractivity contribution is 0.0109. The van der Waals surface area contributed by atoms with Crippen LogP contribution in [0.5, 0.6) is 0 Å². The quantitative estimate of drug-likeness (QED) is 0.815. The van der Waals surface area contributed by atoms with E-state index in [1.165, 1.54) is 24.3 Å². The molecule has 0 saturated carbocycles. The van der Waals surface area contributed by atoms with Crippen LogP contribution in [0.2, 0.25) is 0 Å². The molecule has 1 N–H and O–H groups in total. The molecule has 2 atom stereocenters. The van der Waals surface area contributed by atoms with Gasteiger partial charge in [-0.1, -0.05) is 27.7 Å². The minimum atomic E-state index is 0.443. The summed E-state index contributed by atoms with van der Waals surface area (Å²) in [5.74, 6) is 3.35. The Bertz CT molecular complexity index is 303. The summed E-state index contributed by atoms with van der Waals surface area (Å²) in [7, 11) is 0. The van der Waals surface area contributed by atoms with Crippen molar-refractivity contribution in [3.63, 3.8) is 0 Å². The predicted molar refractivity (Wildman–Crippen MR) is 93.1 cm³/mol. The summed E-state index contributed by atoms with van der Waals surface area (Å²) in [4.78, 5) is 2.64. The Labute approximate surface area is 135 Å². The van der Waals surface area contributed by atoms with E-state index >= 15 is 0 Å². The zero-order valence-corrected chi connectivity index (χ0v) is 15.2. The maximum absolute atomic E-state index is 5.52. The topological polar surface area (TPSA) is 24.5 Å². The first-order valence-electron chi connectivity index (χ1n) is 8.62. The average molecular weight is 315 g/mol. The SMILES string of the molecule is CC(C)CC(CNC1CSCCC1(C)C)N1CCOCC1. The number of nitrogens with one attached hydrogen (secondary N) is 1. The van der Waals surface area contributed by atoms with Gasteiger partial charge in [-0.2, -0.15) is 11.8 Å². The first-order valence-corrected chi connectivity index (χ1v) is 9.77. The molecule has 0 aromatic rings. The van der Waals surface area contributed by atoms with Gasteiger partial charge in [0.1, 0.15) is 0 Å². The zero-order valence-electron chi connectivity index (χ0n) is 14.4. The molecule has 2 fully saturated rings. The molecule has 124 valence electrons. The highest BCUT2D eigenvalue weighted by molar-refractivity contribution is 7.99. The summed E-state index contributed by atoms with van der Waals surface area (Å²) in [6.45, 7) is 14.7. The largest absolute Gasteiger partial charge is 0.379 e. The molecule has 3 nitrogen and oxygen atoms in total. The first-order chi connectivity index (χ1) is 9.99. The lowest BCUT2D eigenvalue weighted by Crippen LogP contribution is -2.53. The molecule has 2 saturated heterocycles. The van der Waals surface area contributed by atoms with Crippen molar-refractivity contribution in [1.82, 2.24) is 10.2 Å². The molecule has 0 aliphatic carbocycles. The van der Waals surface area contributed by atoms with Crippen LogP contribution in [-0.2, 0) is 4.74 Å². The molecule has 21 heavy (non-hydrogen) atoms. The Kier molecular flexibility index (Phi) is 6.85. The molecule has 0 aromatic carbocycles. The van der Waals surface area contributed by atoms with E-state index < -0.39 is 0 Å². The van der Waals surface area contributed by atoms with E-state index in [9.17, 15) is 0 Å². The van der Waals surface area contributed by atoms with E-state index in [4.69, 9.17) is 4.74 Å². The van der Waals surface area contributed by atoms with Crippen LogP contribution in [-0.4, -0.2) is 61.3 Å². The van der Waals surface area contributed by atoms with Gasteiger partial charge in [-0.3, -0.25) is 4.90 Å². The molecule has 0 amide bonds. The van der Waals surface area contributed by atoms with Crippen LogP contribution in [0.4, 0.5) is 0 Å². The first kappa shape index (κ1) is 17.6. The summed E-state index contributed by atoms with van der Waals surface area (Å²) >= 11 is 2.11. The number of hydrogen-bond donors (Lipinski definition) is 1. The standard InChI is InChI=1S/C17H34N2OS/c1-14(2)11-15(19-6-8-20-9-7-19)12-18-16-13-21-10-5-17(16,3)4/h14-16,18H,5-13H2,1-4H3. The van der Waals surface area contributed by atoms with Crippen molar-refractivity contribution in [2.45, 2.75) is 52.6 Å². The average Bonchev–Trinajstić information content (AvgIpc) is 2.45. The summed E-state index contributed by atoms with van der Waals surface area (Å²) < 4.78 is 5.52. The number of thioether (sulfide) groups is 1. The summed E-state index contributed by atoms with van der Waals surface area (Å²) in [6.07, 6.45) is 2.62. The molecule has 2 unspecified atom stereocenters. The van der Waals surface area contributed by atoms with Gasteiger partial charge in [0.15, 0.2) is 0 Å². The Hall–Kier alpha value is 0.230. The summed E-state index contributed by atoms with van der Waals surface area (Å²) in [5.41, 5.74) is 0.443. The van der Waals surface area contributed by atoms with E-state index in [0.717, 1.165) is 38.8 Å². The van der Waals surface area contributed by atoms with Crippen molar-refractivity contribution >= 4 is 11.8 Å². The van der Waals surface area contributed by atoms with Crippen molar-refractivity contribution in [2.75, 3.05) is 44.4 Å². The fraction of sp³-hybridized carbons (Fsp3) is 1.00. The van der Waals surface area contributed by atoms with Crippen LogP contribution in [0.25, 0.3) is 0 Å². The molecular weight excluding hydrogens is 280 g/mol. The molecule has 4 heteroatoms. The van der Waals surface area contributed by atoms with Gasteiger partial charge in [-0.05, 0) is 29.9 Å². The summed E-state index contributed by atoms with van der Waals surface area (Å²) in [5, 5.41) is 3.91. The fourth-order valence-corrected chi connectivity index (χ4v) is 5.04. The lowest BCUT2D eigenvalue weighted by Gasteiger charge is -2.41. The van der Waals surface area contributed by atoms with Crippen molar-refractivity contribution in [3.8, 4) is 0 Å². The Morgan fingerprint density at radius 3 is 2.62 bits per heavy atom. The zero-order chi connectivity index (χ0) is 15.3. The molecule has 2 aliphatic heterocycles. The van der Waals surface area contributed by atoms with E-state index in [0.29, 0.717) is 17.5 Å². The second-order valence-corrected chi connectivity index (χ2v) is 8.86. The van der Waals surface area contributed by atoms with Crippen LogP contribution in [0.3, 0.4) is 0 Å². The highest BCUT2D eigenvalue weighted by atomic mass is 32.2. The van der Waals surface area contributed by atoms with Crippen molar-refractivity contribution in [1.29, 1.82) is 0 Å². The van der Waals surface area contributed by atoms with Gasteiger partial charge in [-0.25, -0.2) is 0 Å². The highest BCUT2D eigenvalue weighted by Gasteiger charge is 2.33. The third-order valence-electron chi connectivity index (χ3n) is 5.02. The van der Waals surface area contributed by atoms with E-state index in [-0.39, 0.29) is 0 Å². The monoisotopic (exact) mass is 314 g/mol. The van der Waals surface area contributed by atoms with Gasteiger partial charge in [0.25, 0.3) is 0 Å². The highest BCUT2D eigenvalue weighted by Crippen LogP contribution is 2.34. The third kappa shape index (κ3) is 5.42. The van der Waals surface area contributed by atoms with Gasteiger partial charge in [0.05, 0.1) is 13.2 Å². The van der Waals surface area contributed by atoms with Crippen LogP contribution in [0.1, 0.15) is 40.5 Å². The van der Waals surface area contributed by atoms with Gasteiger partial charge < -0.3 is 10.1 Å². The molecule has 0 spiro atoms. The maximum atomic E-state index is 5.52. The van der Waals surface area contributed by atoms with Crippen LogP contribution in [0, 0.1) is 11.3 Å². The number of morpholine rings is 1. The molecule has 2 heterocycles.